The lowest BCUT2D eigenvalue weighted by molar-refractivity contribution is 0.0698. The highest BCUT2D eigenvalue weighted by Crippen LogP contribution is 2.29. The zero-order valence-electron chi connectivity index (χ0n) is 15.5. The van der Waals surface area contributed by atoms with Gasteiger partial charge in [-0.3, -0.25) is 4.99 Å². The van der Waals surface area contributed by atoms with Crippen molar-refractivity contribution >= 4 is 29.2 Å². The van der Waals surface area contributed by atoms with Gasteiger partial charge in [-0.25, -0.2) is 0 Å². The van der Waals surface area contributed by atoms with Crippen molar-refractivity contribution in [3.8, 4) is 0 Å². The Hall–Kier alpha value is -1.01. The molecule has 0 fully saturated rings. The summed E-state index contributed by atoms with van der Waals surface area (Å²) in [6.07, 6.45) is 0.903. The fourth-order valence-corrected chi connectivity index (χ4v) is 2.47. The molecule has 0 unspecified atom stereocenters. The van der Waals surface area contributed by atoms with Crippen LogP contribution in [0.5, 0.6) is 0 Å². The molecule has 1 aromatic rings. The van der Waals surface area contributed by atoms with Crippen molar-refractivity contribution in [3.05, 3.63) is 33.8 Å². The molecule has 0 aromatic heterocycles. The number of benzene rings is 1. The summed E-state index contributed by atoms with van der Waals surface area (Å²) in [6, 6.07) is 5.75. The van der Waals surface area contributed by atoms with Gasteiger partial charge >= 0.3 is 0 Å². The topological polar surface area (TPSA) is 54.9 Å². The third-order valence-electron chi connectivity index (χ3n) is 3.81. The molecule has 0 heterocycles. The average Bonchev–Trinajstić information content (AvgIpc) is 2.59. The molecule has 0 atom stereocenters. The summed E-state index contributed by atoms with van der Waals surface area (Å²) in [5.74, 6) is 0.769. The predicted octanol–water partition coefficient (Wildman–Crippen LogP) is 3.49. The van der Waals surface area contributed by atoms with Crippen LogP contribution >= 0.6 is 23.2 Å². The van der Waals surface area contributed by atoms with Crippen molar-refractivity contribution in [2.45, 2.75) is 25.7 Å². The largest absolute Gasteiger partial charge is 0.382 e. The van der Waals surface area contributed by atoms with Crippen LogP contribution in [0.1, 0.15) is 25.8 Å². The average molecular weight is 390 g/mol. The zero-order chi connectivity index (χ0) is 18.7. The van der Waals surface area contributed by atoms with Crippen molar-refractivity contribution in [3.63, 3.8) is 0 Å². The van der Waals surface area contributed by atoms with Gasteiger partial charge in [-0.2, -0.15) is 0 Å². The first-order chi connectivity index (χ1) is 11.9. The molecule has 0 aliphatic heterocycles. The summed E-state index contributed by atoms with van der Waals surface area (Å²) >= 11 is 12.1. The van der Waals surface area contributed by atoms with E-state index in [9.17, 15) is 0 Å². The Labute approximate surface area is 161 Å². The number of nitrogens with zero attached hydrogens (tertiary/aromatic N) is 1. The highest BCUT2D eigenvalue weighted by atomic mass is 35.5. The van der Waals surface area contributed by atoms with Crippen LogP contribution in [0.3, 0.4) is 0 Å². The maximum Gasteiger partial charge on any atom is 0.191 e. The third kappa shape index (κ3) is 8.27. The minimum Gasteiger partial charge on any atom is -0.382 e. The van der Waals surface area contributed by atoms with Crippen molar-refractivity contribution in [2.75, 3.05) is 47.1 Å². The van der Waals surface area contributed by atoms with Gasteiger partial charge in [-0.15, -0.1) is 0 Å². The van der Waals surface area contributed by atoms with Gasteiger partial charge in [0, 0.05) is 39.3 Å². The molecule has 0 saturated heterocycles. The van der Waals surface area contributed by atoms with Crippen LogP contribution < -0.4 is 10.6 Å². The first-order valence-electron chi connectivity index (χ1n) is 8.37. The summed E-state index contributed by atoms with van der Waals surface area (Å²) in [4.78, 5) is 4.25. The van der Waals surface area contributed by atoms with Gasteiger partial charge in [-0.1, -0.05) is 43.1 Å². The van der Waals surface area contributed by atoms with Crippen LogP contribution in [0.2, 0.25) is 10.0 Å². The van der Waals surface area contributed by atoms with Crippen molar-refractivity contribution in [2.24, 2.45) is 4.99 Å². The highest BCUT2D eigenvalue weighted by Gasteiger charge is 2.21. The molecule has 0 saturated carbocycles. The molecule has 1 rings (SSSR count). The van der Waals surface area contributed by atoms with E-state index in [1.54, 1.807) is 14.2 Å². The second-order valence-electron chi connectivity index (χ2n) is 6.32. The van der Waals surface area contributed by atoms with Crippen molar-refractivity contribution in [1.82, 2.24) is 10.6 Å². The van der Waals surface area contributed by atoms with E-state index >= 15 is 0 Å². The second-order valence-corrected chi connectivity index (χ2v) is 7.14. The number of methoxy groups -OCH3 is 1. The van der Waals surface area contributed by atoms with Crippen molar-refractivity contribution < 1.29 is 9.47 Å². The number of hydrogen-bond donors (Lipinski definition) is 2. The minimum absolute atomic E-state index is 0.116. The van der Waals surface area contributed by atoms with Gasteiger partial charge in [-0.05, 0) is 24.1 Å². The SMILES string of the molecule is CN=C(NCCCOCCOC)NCC(C)(C)c1ccc(Cl)c(Cl)c1. The quantitative estimate of drug-likeness (QED) is 0.365. The normalized spacial score (nSPS) is 12.3. The van der Waals surface area contributed by atoms with Crippen LogP contribution in [-0.2, 0) is 14.9 Å². The van der Waals surface area contributed by atoms with Gasteiger partial charge in [0.15, 0.2) is 5.96 Å². The molecule has 5 nitrogen and oxygen atoms in total. The van der Waals surface area contributed by atoms with E-state index in [4.69, 9.17) is 32.7 Å². The van der Waals surface area contributed by atoms with Crippen LogP contribution in [0, 0.1) is 0 Å². The number of guanidine groups is 1. The van der Waals surface area contributed by atoms with Crippen LogP contribution in [0.15, 0.2) is 23.2 Å². The van der Waals surface area contributed by atoms with Gasteiger partial charge in [0.25, 0.3) is 0 Å². The molecule has 0 aliphatic rings. The van der Waals surface area contributed by atoms with E-state index in [-0.39, 0.29) is 5.41 Å². The smallest absolute Gasteiger partial charge is 0.191 e. The number of halogens is 2. The maximum absolute atomic E-state index is 6.13. The van der Waals surface area contributed by atoms with Gasteiger partial charge in [0.2, 0.25) is 0 Å². The molecule has 0 radical (unpaired) electrons. The fourth-order valence-electron chi connectivity index (χ4n) is 2.17. The first kappa shape index (κ1) is 22.0. The van der Waals surface area contributed by atoms with Crippen LogP contribution in [-0.4, -0.2) is 53.0 Å². The lowest BCUT2D eigenvalue weighted by Gasteiger charge is -2.27. The summed E-state index contributed by atoms with van der Waals surface area (Å²) in [7, 11) is 3.43. The standard InChI is InChI=1S/C18H29Cl2N3O2/c1-18(2,14-6-7-15(19)16(20)12-14)13-23-17(21-3)22-8-5-9-25-11-10-24-4/h6-7,12H,5,8-11,13H2,1-4H3,(H2,21,22,23). The molecule has 2 N–H and O–H groups in total. The zero-order valence-corrected chi connectivity index (χ0v) is 17.0. The van der Waals surface area contributed by atoms with E-state index in [0.717, 1.165) is 31.0 Å². The van der Waals surface area contributed by atoms with Gasteiger partial charge in [0.05, 0.1) is 23.3 Å². The van der Waals surface area contributed by atoms with E-state index in [0.29, 0.717) is 29.9 Å². The van der Waals surface area contributed by atoms with Gasteiger partial charge in [0.1, 0.15) is 0 Å². The molecule has 0 spiro atoms. The second kappa shape index (κ2) is 11.6. The Bertz CT molecular complexity index is 551. The Morgan fingerprint density at radius 3 is 2.52 bits per heavy atom. The summed E-state index contributed by atoms with van der Waals surface area (Å²) < 4.78 is 10.4. The van der Waals surface area contributed by atoms with E-state index in [1.165, 1.54) is 0 Å². The lowest BCUT2D eigenvalue weighted by atomic mass is 9.84. The summed E-state index contributed by atoms with van der Waals surface area (Å²) in [5.41, 5.74) is 1.01. The Morgan fingerprint density at radius 2 is 1.88 bits per heavy atom. The van der Waals surface area contributed by atoms with Crippen LogP contribution in [0.25, 0.3) is 0 Å². The Kier molecular flexibility index (Phi) is 10.2. The monoisotopic (exact) mass is 389 g/mol. The Morgan fingerprint density at radius 1 is 1.12 bits per heavy atom. The third-order valence-corrected chi connectivity index (χ3v) is 4.55. The number of ether oxygens (including phenoxy) is 2. The first-order valence-corrected chi connectivity index (χ1v) is 9.13. The summed E-state index contributed by atoms with van der Waals surface area (Å²) in [6.45, 7) is 7.76. The predicted molar refractivity (Wildman–Crippen MR) is 106 cm³/mol. The van der Waals surface area contributed by atoms with Crippen LogP contribution in [0.4, 0.5) is 0 Å². The maximum atomic E-state index is 6.13. The molecular weight excluding hydrogens is 361 g/mol. The molecule has 0 aliphatic carbocycles. The highest BCUT2D eigenvalue weighted by molar-refractivity contribution is 6.42. The summed E-state index contributed by atoms with van der Waals surface area (Å²) in [5, 5.41) is 7.78. The number of rotatable bonds is 10. The number of aliphatic imine (C=N–C) groups is 1. The minimum atomic E-state index is -0.116. The molecule has 7 heteroatoms. The molecular formula is C18H29Cl2N3O2. The van der Waals surface area contributed by atoms with E-state index in [2.05, 4.69) is 29.5 Å². The Balaban J connectivity index is 2.38. The van der Waals surface area contributed by atoms with Gasteiger partial charge < -0.3 is 20.1 Å². The van der Waals surface area contributed by atoms with Crippen molar-refractivity contribution in [1.29, 1.82) is 0 Å². The number of hydrogen-bond acceptors (Lipinski definition) is 3. The lowest BCUT2D eigenvalue weighted by Crippen LogP contribution is -2.43. The van der Waals surface area contributed by atoms with E-state index in [1.807, 2.05) is 18.2 Å². The molecule has 142 valence electrons. The fraction of sp³-hybridized carbons (Fsp3) is 0.611. The molecule has 0 amide bonds. The molecule has 0 bridgehead atoms. The number of nitrogens with one attached hydrogen (secondary N) is 2. The van der Waals surface area contributed by atoms with E-state index < -0.39 is 0 Å². The molecule has 25 heavy (non-hydrogen) atoms. The molecule has 1 aromatic carbocycles.